The van der Waals surface area contributed by atoms with E-state index in [2.05, 4.69) is 10.3 Å². The predicted molar refractivity (Wildman–Crippen MR) is 132 cm³/mol. The van der Waals surface area contributed by atoms with Crippen LogP contribution in [0, 0.1) is 23.3 Å². The Morgan fingerprint density at radius 2 is 1.70 bits per heavy atom. The molecule has 1 aromatic heterocycles. The quantitative estimate of drug-likeness (QED) is 0.317. The first-order valence-electron chi connectivity index (χ1n) is 11.7. The zero-order chi connectivity index (χ0) is 28.6. The lowest BCUT2D eigenvalue weighted by Gasteiger charge is -2.30. The number of carbonyl (C=O) groups is 2. The number of nitrogens with one attached hydrogen (secondary N) is 1. The lowest BCUT2D eigenvalue weighted by molar-refractivity contribution is -0.148. The summed E-state index contributed by atoms with van der Waals surface area (Å²) in [6.07, 6.45) is -5.47. The number of nitrogens with zero attached hydrogens (tertiary/aromatic N) is 3. The van der Waals surface area contributed by atoms with Gasteiger partial charge in [-0.25, -0.2) is 22.5 Å². The minimum atomic E-state index is -4.83. The lowest BCUT2D eigenvalue weighted by atomic mass is 10.0. The molecule has 3 N–H and O–H groups in total. The summed E-state index contributed by atoms with van der Waals surface area (Å²) in [5, 5.41) is 2.26. The number of benzene rings is 2. The monoisotopic (exact) mass is 593 g/mol. The van der Waals surface area contributed by atoms with Gasteiger partial charge in [0.2, 0.25) is 17.6 Å². The van der Waals surface area contributed by atoms with E-state index >= 15 is 0 Å². The third-order valence-corrected chi connectivity index (χ3v) is 6.17. The number of hydrogen-bond acceptors (Lipinski definition) is 4. The van der Waals surface area contributed by atoms with Gasteiger partial charge >= 0.3 is 6.18 Å². The van der Waals surface area contributed by atoms with Crippen LogP contribution in [-0.4, -0.2) is 38.9 Å². The Balaban J connectivity index is 0.00000441. The lowest BCUT2D eigenvalue weighted by Crippen LogP contribution is -2.42. The standard InChI is InChI=1S/C25H22F7N5O2.ClH/c1-12(38)34-20-3-2-13(7-19(20)29)23-21-11-36(4-5-37(21)24(35-23)25(30,31)32)22(39)9-15(33)6-14-8-17(27)18(28)10-16(14)26;/h2-3,7-8,10,15H,4-6,9,11,33H2,1H3,(H,34,38);1H. The van der Waals surface area contributed by atoms with Crippen LogP contribution in [-0.2, 0) is 35.3 Å². The van der Waals surface area contributed by atoms with Crippen LogP contribution in [0.25, 0.3) is 11.3 Å². The number of rotatable bonds is 6. The van der Waals surface area contributed by atoms with Crippen LogP contribution in [0.5, 0.6) is 0 Å². The molecule has 15 heteroatoms. The van der Waals surface area contributed by atoms with E-state index < -0.39 is 53.1 Å². The van der Waals surface area contributed by atoms with Gasteiger partial charge in [-0.2, -0.15) is 13.2 Å². The third kappa shape index (κ3) is 6.55. The van der Waals surface area contributed by atoms with Gasteiger partial charge in [0, 0.05) is 44.1 Å². The van der Waals surface area contributed by atoms with Gasteiger partial charge in [0.1, 0.15) is 11.6 Å². The Labute approximate surface area is 229 Å². The van der Waals surface area contributed by atoms with E-state index in [1.807, 2.05) is 0 Å². The largest absolute Gasteiger partial charge is 0.449 e. The van der Waals surface area contributed by atoms with Gasteiger partial charge in [-0.05, 0) is 30.2 Å². The van der Waals surface area contributed by atoms with Crippen molar-refractivity contribution < 1.29 is 40.3 Å². The number of amides is 2. The number of nitrogens with two attached hydrogens (primary N) is 1. The van der Waals surface area contributed by atoms with Crippen LogP contribution in [0.3, 0.4) is 0 Å². The van der Waals surface area contributed by atoms with Crippen LogP contribution < -0.4 is 11.1 Å². The molecule has 0 saturated carbocycles. The van der Waals surface area contributed by atoms with Gasteiger partial charge < -0.3 is 20.5 Å². The summed E-state index contributed by atoms with van der Waals surface area (Å²) in [5.74, 6) is -6.88. The highest BCUT2D eigenvalue weighted by Crippen LogP contribution is 2.36. The molecule has 1 aliphatic rings. The first-order valence-corrected chi connectivity index (χ1v) is 11.7. The molecule has 0 aliphatic carbocycles. The summed E-state index contributed by atoms with van der Waals surface area (Å²) < 4.78 is 97.3. The SMILES string of the molecule is CC(=O)Nc1ccc(-c2nc(C(F)(F)F)n3c2CN(C(=O)CC(N)Cc2cc(F)c(F)cc2F)CC3)cc1F.Cl. The maximum atomic E-state index is 14.6. The fourth-order valence-corrected chi connectivity index (χ4v) is 4.41. The second-order valence-corrected chi connectivity index (χ2v) is 9.10. The summed E-state index contributed by atoms with van der Waals surface area (Å²) in [5.41, 5.74) is 5.36. The van der Waals surface area contributed by atoms with E-state index in [9.17, 15) is 40.3 Å². The van der Waals surface area contributed by atoms with Crippen LogP contribution >= 0.6 is 12.4 Å². The van der Waals surface area contributed by atoms with Gasteiger partial charge in [0.25, 0.3) is 0 Å². The number of imidazole rings is 1. The first-order chi connectivity index (χ1) is 18.2. The highest BCUT2D eigenvalue weighted by atomic mass is 35.5. The van der Waals surface area contributed by atoms with Crippen LogP contribution in [0.15, 0.2) is 30.3 Å². The number of fused-ring (bicyclic) bond motifs is 1. The van der Waals surface area contributed by atoms with E-state index in [0.717, 1.165) is 10.6 Å². The van der Waals surface area contributed by atoms with Crippen molar-refractivity contribution in [1.82, 2.24) is 14.5 Å². The molecule has 2 heterocycles. The molecule has 7 nitrogen and oxygen atoms in total. The van der Waals surface area contributed by atoms with Crippen molar-refractivity contribution in [3.8, 4) is 11.3 Å². The van der Waals surface area contributed by atoms with Crippen molar-refractivity contribution in [3.05, 3.63) is 70.7 Å². The number of hydrogen-bond donors (Lipinski definition) is 2. The summed E-state index contributed by atoms with van der Waals surface area (Å²) in [7, 11) is 0. The molecule has 4 rings (SSSR count). The van der Waals surface area contributed by atoms with Gasteiger partial charge in [-0.15, -0.1) is 12.4 Å². The van der Waals surface area contributed by atoms with Gasteiger partial charge in [-0.3, -0.25) is 9.59 Å². The summed E-state index contributed by atoms with van der Waals surface area (Å²) in [4.78, 5) is 29.1. The topological polar surface area (TPSA) is 93.2 Å². The van der Waals surface area contributed by atoms with Crippen molar-refractivity contribution in [3.63, 3.8) is 0 Å². The Morgan fingerprint density at radius 3 is 2.33 bits per heavy atom. The number of aromatic nitrogens is 2. The van der Waals surface area contributed by atoms with Crippen molar-refractivity contribution in [2.45, 2.75) is 45.1 Å². The molecule has 40 heavy (non-hydrogen) atoms. The Morgan fingerprint density at radius 1 is 1.02 bits per heavy atom. The minimum absolute atomic E-state index is 0. The number of anilines is 1. The fourth-order valence-electron chi connectivity index (χ4n) is 4.41. The highest BCUT2D eigenvalue weighted by molar-refractivity contribution is 5.89. The fraction of sp³-hybridized carbons (Fsp3) is 0.320. The molecule has 0 fully saturated rings. The second kappa shape index (κ2) is 11.8. The number of halogens is 8. The normalized spacial score (nSPS) is 13.9. The summed E-state index contributed by atoms with van der Waals surface area (Å²) >= 11 is 0. The van der Waals surface area contributed by atoms with Gasteiger partial charge in [0.05, 0.1) is 23.6 Å². The Kier molecular flexibility index (Phi) is 9.14. The summed E-state index contributed by atoms with van der Waals surface area (Å²) in [6, 6.07) is 3.44. The molecular weight excluding hydrogens is 571 g/mol. The average Bonchev–Trinajstić information content (AvgIpc) is 3.23. The molecular formula is C25H23ClF7N5O2. The number of alkyl halides is 3. The predicted octanol–water partition coefficient (Wildman–Crippen LogP) is 4.81. The van der Waals surface area contributed by atoms with Crippen molar-refractivity contribution >= 4 is 29.9 Å². The molecule has 1 unspecified atom stereocenters. The Bertz CT molecular complexity index is 1440. The maximum Gasteiger partial charge on any atom is 0.449 e. The zero-order valence-corrected chi connectivity index (χ0v) is 21.6. The van der Waals surface area contributed by atoms with Gasteiger partial charge in [-0.1, -0.05) is 6.07 Å². The molecule has 0 saturated heterocycles. The molecule has 216 valence electrons. The van der Waals surface area contributed by atoms with Crippen LogP contribution in [0.2, 0.25) is 0 Å². The van der Waals surface area contributed by atoms with E-state index in [-0.39, 0.29) is 73.1 Å². The van der Waals surface area contributed by atoms with Crippen LogP contribution in [0.4, 0.5) is 36.4 Å². The molecule has 3 aromatic rings. The smallest absolute Gasteiger partial charge is 0.335 e. The van der Waals surface area contributed by atoms with E-state index in [1.54, 1.807) is 0 Å². The summed E-state index contributed by atoms with van der Waals surface area (Å²) in [6.45, 7) is 0.481. The van der Waals surface area contributed by atoms with Gasteiger partial charge in [0.15, 0.2) is 11.6 Å². The first kappa shape index (κ1) is 30.9. The third-order valence-electron chi connectivity index (χ3n) is 6.17. The number of carbonyl (C=O) groups excluding carboxylic acids is 2. The molecule has 1 aliphatic heterocycles. The molecule has 2 aromatic carbocycles. The van der Waals surface area contributed by atoms with Crippen LogP contribution in [0.1, 0.15) is 30.4 Å². The molecule has 0 spiro atoms. The Hall–Kier alpha value is -3.65. The van der Waals surface area contributed by atoms with E-state index in [4.69, 9.17) is 5.73 Å². The maximum absolute atomic E-state index is 14.6. The molecule has 1 atom stereocenters. The van der Waals surface area contributed by atoms with E-state index in [0.29, 0.717) is 12.1 Å². The van der Waals surface area contributed by atoms with E-state index in [1.165, 1.54) is 24.0 Å². The van der Waals surface area contributed by atoms with Crippen molar-refractivity contribution in [2.75, 3.05) is 11.9 Å². The molecule has 0 radical (unpaired) electrons. The minimum Gasteiger partial charge on any atom is -0.335 e. The average molecular weight is 594 g/mol. The second-order valence-electron chi connectivity index (χ2n) is 9.10. The zero-order valence-electron chi connectivity index (χ0n) is 20.8. The highest BCUT2D eigenvalue weighted by Gasteiger charge is 2.41. The van der Waals surface area contributed by atoms with Crippen molar-refractivity contribution in [1.29, 1.82) is 0 Å². The molecule has 0 bridgehead atoms. The molecule has 2 amide bonds. The van der Waals surface area contributed by atoms with Crippen molar-refractivity contribution in [2.24, 2.45) is 5.73 Å².